The first-order valence-corrected chi connectivity index (χ1v) is 7.37. The van der Waals surface area contributed by atoms with Crippen molar-refractivity contribution >= 4 is 15.7 Å². The minimum Gasteiger partial charge on any atom is -0.398 e. The highest BCUT2D eigenvalue weighted by molar-refractivity contribution is 7.89. The van der Waals surface area contributed by atoms with E-state index in [4.69, 9.17) is 5.73 Å². The van der Waals surface area contributed by atoms with Gasteiger partial charge in [-0.2, -0.15) is 4.31 Å². The summed E-state index contributed by atoms with van der Waals surface area (Å²) in [5.74, 6) is 0. The number of benzene rings is 1. The Morgan fingerprint density at radius 2 is 1.74 bits per heavy atom. The number of sulfonamides is 1. The summed E-state index contributed by atoms with van der Waals surface area (Å²) in [6.07, 6.45) is 3.09. The summed E-state index contributed by atoms with van der Waals surface area (Å²) in [6.45, 7) is 11.2. The molecular weight excluding hydrogens is 260 g/mol. The van der Waals surface area contributed by atoms with Crippen molar-refractivity contribution in [2.75, 3.05) is 18.8 Å². The largest absolute Gasteiger partial charge is 0.398 e. The number of nitrogens with zero attached hydrogens (tertiary/aromatic N) is 1. The van der Waals surface area contributed by atoms with Crippen LogP contribution in [-0.4, -0.2) is 25.8 Å². The summed E-state index contributed by atoms with van der Waals surface area (Å²) in [4.78, 5) is 0.177. The van der Waals surface area contributed by atoms with Gasteiger partial charge in [-0.05, 0) is 31.0 Å². The maximum absolute atomic E-state index is 12.7. The van der Waals surface area contributed by atoms with Gasteiger partial charge >= 0.3 is 0 Å². The van der Waals surface area contributed by atoms with Gasteiger partial charge in [0.15, 0.2) is 0 Å². The number of rotatable bonds is 6. The zero-order valence-corrected chi connectivity index (χ0v) is 12.2. The third-order valence-electron chi connectivity index (χ3n) is 2.97. The van der Waals surface area contributed by atoms with Gasteiger partial charge in [-0.1, -0.05) is 18.2 Å². The molecular formula is C14H20N2O2S. The van der Waals surface area contributed by atoms with Gasteiger partial charge in [0, 0.05) is 13.1 Å². The number of nitrogens with two attached hydrogens (primary N) is 1. The van der Waals surface area contributed by atoms with E-state index in [0.29, 0.717) is 5.56 Å². The van der Waals surface area contributed by atoms with Crippen LogP contribution in [-0.2, 0) is 10.0 Å². The molecule has 0 spiro atoms. The van der Waals surface area contributed by atoms with Gasteiger partial charge in [0.1, 0.15) is 4.90 Å². The molecule has 0 aliphatic carbocycles. The lowest BCUT2D eigenvalue weighted by molar-refractivity contribution is 0.474. The smallest absolute Gasteiger partial charge is 0.245 e. The fourth-order valence-corrected chi connectivity index (χ4v) is 3.62. The number of nitrogen functional groups attached to an aromatic ring is 1. The molecule has 1 rings (SSSR count). The molecule has 0 unspecified atom stereocenters. The molecule has 0 bridgehead atoms. The summed E-state index contributed by atoms with van der Waals surface area (Å²) in [5, 5.41) is 0. The molecule has 0 atom stereocenters. The molecule has 5 heteroatoms. The number of hydrogen-bond donors (Lipinski definition) is 1. The first kappa shape index (κ1) is 15.5. The quantitative estimate of drug-likeness (QED) is 0.642. The molecule has 0 radical (unpaired) electrons. The molecule has 0 aliphatic heterocycles. The highest BCUT2D eigenvalue weighted by atomic mass is 32.2. The summed E-state index contributed by atoms with van der Waals surface area (Å²) in [5.41, 5.74) is 7.69. The number of anilines is 1. The Morgan fingerprint density at radius 1 is 1.21 bits per heavy atom. The summed E-state index contributed by atoms with van der Waals surface area (Å²) < 4.78 is 26.6. The molecule has 2 N–H and O–H groups in total. The van der Waals surface area contributed by atoms with E-state index >= 15 is 0 Å². The molecule has 0 fully saturated rings. The van der Waals surface area contributed by atoms with Crippen LogP contribution in [0.1, 0.15) is 11.1 Å². The molecule has 0 aromatic heterocycles. The fraction of sp³-hybridized carbons (Fsp3) is 0.286. The second-order valence-corrected chi connectivity index (χ2v) is 6.20. The van der Waals surface area contributed by atoms with Crippen molar-refractivity contribution in [3.05, 3.63) is 48.6 Å². The summed E-state index contributed by atoms with van der Waals surface area (Å²) in [7, 11) is -3.64. The maximum atomic E-state index is 12.7. The van der Waals surface area contributed by atoms with Gasteiger partial charge in [0.2, 0.25) is 10.0 Å². The lowest BCUT2D eigenvalue weighted by atomic mass is 10.1. The molecule has 1 aromatic rings. The normalized spacial score (nSPS) is 11.5. The standard InChI is InChI=1S/C14H20N2O2S/c1-5-9-16(10-6-2)19(17,18)14-12(4)11(3)7-8-13(14)15/h5-8H,1-2,9-10,15H2,3-4H3. The van der Waals surface area contributed by atoms with Crippen molar-refractivity contribution in [1.82, 2.24) is 4.31 Å². The highest BCUT2D eigenvalue weighted by Crippen LogP contribution is 2.28. The van der Waals surface area contributed by atoms with Gasteiger partial charge in [-0.3, -0.25) is 0 Å². The van der Waals surface area contributed by atoms with Gasteiger partial charge in [0.25, 0.3) is 0 Å². The van der Waals surface area contributed by atoms with Crippen LogP contribution in [0.3, 0.4) is 0 Å². The van der Waals surface area contributed by atoms with Crippen molar-refractivity contribution in [2.24, 2.45) is 0 Å². The van der Waals surface area contributed by atoms with Crippen molar-refractivity contribution < 1.29 is 8.42 Å². The van der Waals surface area contributed by atoms with Crippen LogP contribution < -0.4 is 5.73 Å². The topological polar surface area (TPSA) is 63.4 Å². The maximum Gasteiger partial charge on any atom is 0.245 e. The summed E-state index contributed by atoms with van der Waals surface area (Å²) in [6, 6.07) is 3.43. The molecule has 0 aliphatic rings. The third-order valence-corrected chi connectivity index (χ3v) is 5.01. The van der Waals surface area contributed by atoms with E-state index in [1.54, 1.807) is 25.1 Å². The molecule has 4 nitrogen and oxygen atoms in total. The van der Waals surface area contributed by atoms with Crippen LogP contribution in [0, 0.1) is 13.8 Å². The Hall–Kier alpha value is -1.59. The van der Waals surface area contributed by atoms with Gasteiger partial charge in [-0.25, -0.2) is 8.42 Å². The third kappa shape index (κ3) is 3.05. The Bertz CT molecular complexity index is 582. The van der Waals surface area contributed by atoms with Crippen LogP contribution in [0.15, 0.2) is 42.3 Å². The summed E-state index contributed by atoms with van der Waals surface area (Å²) >= 11 is 0. The molecule has 104 valence electrons. The minimum absolute atomic E-state index is 0.177. The van der Waals surface area contributed by atoms with E-state index in [2.05, 4.69) is 13.2 Å². The molecule has 19 heavy (non-hydrogen) atoms. The van der Waals surface area contributed by atoms with Crippen molar-refractivity contribution in [2.45, 2.75) is 18.7 Å². The Morgan fingerprint density at radius 3 is 2.21 bits per heavy atom. The van der Waals surface area contributed by atoms with Crippen LogP contribution >= 0.6 is 0 Å². The highest BCUT2D eigenvalue weighted by Gasteiger charge is 2.27. The predicted octanol–water partition coefficient (Wildman–Crippen LogP) is 2.25. The monoisotopic (exact) mass is 280 g/mol. The van der Waals surface area contributed by atoms with Gasteiger partial charge in [-0.15, -0.1) is 13.2 Å². The zero-order valence-electron chi connectivity index (χ0n) is 11.4. The number of aryl methyl sites for hydroxylation is 1. The number of hydrogen-bond acceptors (Lipinski definition) is 3. The molecule has 0 saturated heterocycles. The molecule has 0 saturated carbocycles. The Kier molecular flexibility index (Phi) is 4.91. The van der Waals surface area contributed by atoms with Crippen LogP contribution in [0.2, 0.25) is 0 Å². The zero-order chi connectivity index (χ0) is 14.6. The average molecular weight is 280 g/mol. The van der Waals surface area contributed by atoms with Gasteiger partial charge in [0.05, 0.1) is 5.69 Å². The van der Waals surface area contributed by atoms with E-state index in [0.717, 1.165) is 5.56 Å². The second kappa shape index (κ2) is 6.04. The molecule has 0 heterocycles. The lowest BCUT2D eigenvalue weighted by Crippen LogP contribution is -2.32. The SMILES string of the molecule is C=CCN(CC=C)S(=O)(=O)c1c(N)ccc(C)c1C. The van der Waals surface area contributed by atoms with Crippen molar-refractivity contribution in [3.63, 3.8) is 0 Å². The Labute approximate surface area is 115 Å². The van der Waals surface area contributed by atoms with E-state index in [-0.39, 0.29) is 23.7 Å². The van der Waals surface area contributed by atoms with E-state index in [1.165, 1.54) is 4.31 Å². The van der Waals surface area contributed by atoms with Crippen molar-refractivity contribution in [1.29, 1.82) is 0 Å². The molecule has 1 aromatic carbocycles. The van der Waals surface area contributed by atoms with Crippen LogP contribution in [0.25, 0.3) is 0 Å². The van der Waals surface area contributed by atoms with Gasteiger partial charge < -0.3 is 5.73 Å². The van der Waals surface area contributed by atoms with Crippen LogP contribution in [0.4, 0.5) is 5.69 Å². The van der Waals surface area contributed by atoms with E-state index < -0.39 is 10.0 Å². The molecule has 0 amide bonds. The lowest BCUT2D eigenvalue weighted by Gasteiger charge is -2.22. The predicted molar refractivity (Wildman–Crippen MR) is 79.5 cm³/mol. The van der Waals surface area contributed by atoms with Crippen LogP contribution in [0.5, 0.6) is 0 Å². The minimum atomic E-state index is -3.64. The first-order chi connectivity index (χ1) is 8.86. The average Bonchev–Trinajstić information content (AvgIpc) is 2.34. The van der Waals surface area contributed by atoms with E-state index in [9.17, 15) is 8.42 Å². The van der Waals surface area contributed by atoms with E-state index in [1.807, 2.05) is 13.0 Å². The second-order valence-electron chi connectivity index (χ2n) is 4.33. The fourth-order valence-electron chi connectivity index (χ4n) is 1.84. The van der Waals surface area contributed by atoms with Crippen molar-refractivity contribution in [3.8, 4) is 0 Å². The Balaban J connectivity index is 3.44. The first-order valence-electron chi connectivity index (χ1n) is 5.93.